The van der Waals surface area contributed by atoms with Crippen LogP contribution >= 0.6 is 0 Å². The highest BCUT2D eigenvalue weighted by Gasteiger charge is 2.17. The molecule has 2 heteroatoms. The average Bonchev–Trinajstić information content (AvgIpc) is 2.29. The summed E-state index contributed by atoms with van der Waals surface area (Å²) in [5.74, 6) is 0.677. The van der Waals surface area contributed by atoms with Gasteiger partial charge in [0.2, 0.25) is 0 Å². The van der Waals surface area contributed by atoms with Crippen molar-refractivity contribution in [1.82, 2.24) is 9.88 Å². The van der Waals surface area contributed by atoms with Crippen LogP contribution in [0.1, 0.15) is 36.1 Å². The molecule has 14 heavy (non-hydrogen) atoms. The average molecular weight is 190 g/mol. The Morgan fingerprint density at radius 3 is 3.07 bits per heavy atom. The second kappa shape index (κ2) is 3.70. The van der Waals surface area contributed by atoms with Crippen LogP contribution in [0.15, 0.2) is 12.3 Å². The van der Waals surface area contributed by atoms with Crippen LogP contribution in [0.25, 0.3) is 0 Å². The molecule has 0 aromatic carbocycles. The van der Waals surface area contributed by atoms with Gasteiger partial charge in [-0.3, -0.25) is 4.98 Å². The van der Waals surface area contributed by atoms with E-state index in [9.17, 15) is 0 Å². The lowest BCUT2D eigenvalue weighted by molar-refractivity contribution is 0.326. The molecule has 0 saturated carbocycles. The molecular weight excluding hydrogens is 172 g/mol. The van der Waals surface area contributed by atoms with Crippen LogP contribution in [-0.2, 0) is 6.54 Å². The molecule has 1 aromatic rings. The smallest absolute Gasteiger partial charge is 0.0375 e. The predicted molar refractivity (Wildman–Crippen MR) is 58.3 cm³/mol. The molecule has 2 heterocycles. The van der Waals surface area contributed by atoms with Gasteiger partial charge in [-0.2, -0.15) is 0 Å². The van der Waals surface area contributed by atoms with Gasteiger partial charge in [-0.25, -0.2) is 0 Å². The minimum absolute atomic E-state index is 0.677. The Bertz CT molecular complexity index is 333. The molecule has 0 spiro atoms. The summed E-state index contributed by atoms with van der Waals surface area (Å²) in [6, 6.07) is 2.25. The van der Waals surface area contributed by atoms with Crippen LogP contribution < -0.4 is 0 Å². The van der Waals surface area contributed by atoms with E-state index >= 15 is 0 Å². The van der Waals surface area contributed by atoms with Gasteiger partial charge in [-0.15, -0.1) is 0 Å². The van der Waals surface area contributed by atoms with E-state index in [1.165, 1.54) is 24.1 Å². The van der Waals surface area contributed by atoms with E-state index in [4.69, 9.17) is 0 Å². The Morgan fingerprint density at radius 1 is 1.50 bits per heavy atom. The highest BCUT2D eigenvalue weighted by atomic mass is 15.1. The first-order chi connectivity index (χ1) is 6.66. The third-order valence-corrected chi connectivity index (χ3v) is 3.07. The van der Waals surface area contributed by atoms with E-state index in [0.29, 0.717) is 5.92 Å². The number of aryl methyl sites for hydroxylation is 1. The lowest BCUT2D eigenvalue weighted by Gasteiger charge is -2.12. The molecular formula is C12H18N2. The van der Waals surface area contributed by atoms with Crippen LogP contribution in [-0.4, -0.2) is 23.5 Å². The maximum absolute atomic E-state index is 4.38. The van der Waals surface area contributed by atoms with Crippen molar-refractivity contribution < 1.29 is 0 Å². The first kappa shape index (κ1) is 9.66. The fraction of sp³-hybridized carbons (Fsp3) is 0.583. The zero-order valence-electron chi connectivity index (χ0n) is 9.25. The van der Waals surface area contributed by atoms with E-state index < -0.39 is 0 Å². The molecule has 0 radical (unpaired) electrons. The standard InChI is InChI=1S/C12H18N2/c1-9-4-5-14(3)8-11-7-13-10(2)6-12(9)11/h6-7,9H,4-5,8H2,1-3H3. The number of hydrogen-bond donors (Lipinski definition) is 0. The van der Waals surface area contributed by atoms with E-state index in [1.807, 2.05) is 6.20 Å². The van der Waals surface area contributed by atoms with Crippen LogP contribution in [0.2, 0.25) is 0 Å². The van der Waals surface area contributed by atoms with Crippen LogP contribution in [0.5, 0.6) is 0 Å². The number of fused-ring (bicyclic) bond motifs is 1. The zero-order valence-corrected chi connectivity index (χ0v) is 9.25. The number of pyridine rings is 1. The summed E-state index contributed by atoms with van der Waals surface area (Å²) in [5, 5.41) is 0. The Morgan fingerprint density at radius 2 is 2.29 bits per heavy atom. The Hall–Kier alpha value is -0.890. The molecule has 2 rings (SSSR count). The van der Waals surface area contributed by atoms with Gasteiger partial charge in [0.25, 0.3) is 0 Å². The lowest BCUT2D eigenvalue weighted by Crippen LogP contribution is -2.17. The van der Waals surface area contributed by atoms with Crippen LogP contribution in [0.4, 0.5) is 0 Å². The molecule has 1 unspecified atom stereocenters. The Labute approximate surface area is 86.0 Å². The fourth-order valence-electron chi connectivity index (χ4n) is 2.14. The van der Waals surface area contributed by atoms with Crippen molar-refractivity contribution in [2.24, 2.45) is 0 Å². The highest BCUT2D eigenvalue weighted by molar-refractivity contribution is 5.30. The summed E-state index contributed by atoms with van der Waals surface area (Å²) >= 11 is 0. The zero-order chi connectivity index (χ0) is 10.1. The van der Waals surface area contributed by atoms with E-state index in [1.54, 1.807) is 0 Å². The second-order valence-electron chi connectivity index (χ2n) is 4.45. The molecule has 0 fully saturated rings. The van der Waals surface area contributed by atoms with Gasteiger partial charge in [-0.1, -0.05) is 6.92 Å². The Kier molecular flexibility index (Phi) is 2.55. The van der Waals surface area contributed by atoms with Crippen LogP contribution in [0.3, 0.4) is 0 Å². The number of hydrogen-bond acceptors (Lipinski definition) is 2. The lowest BCUT2D eigenvalue weighted by atomic mass is 9.95. The first-order valence-electron chi connectivity index (χ1n) is 5.31. The summed E-state index contributed by atoms with van der Waals surface area (Å²) in [4.78, 5) is 6.75. The molecule has 0 N–H and O–H groups in total. The van der Waals surface area contributed by atoms with Gasteiger partial charge in [0.05, 0.1) is 0 Å². The maximum Gasteiger partial charge on any atom is 0.0375 e. The van der Waals surface area contributed by atoms with E-state index in [2.05, 4.69) is 36.8 Å². The number of nitrogens with zero attached hydrogens (tertiary/aromatic N) is 2. The molecule has 1 aliphatic heterocycles. The molecule has 76 valence electrons. The number of rotatable bonds is 0. The quantitative estimate of drug-likeness (QED) is 0.624. The largest absolute Gasteiger partial charge is 0.302 e. The van der Waals surface area contributed by atoms with Gasteiger partial charge >= 0.3 is 0 Å². The van der Waals surface area contributed by atoms with E-state index in [0.717, 1.165) is 12.2 Å². The molecule has 2 nitrogen and oxygen atoms in total. The molecule has 0 saturated heterocycles. The second-order valence-corrected chi connectivity index (χ2v) is 4.45. The molecule has 0 amide bonds. The van der Waals surface area contributed by atoms with Crippen molar-refractivity contribution >= 4 is 0 Å². The summed E-state index contributed by atoms with van der Waals surface area (Å²) in [6.07, 6.45) is 3.30. The monoisotopic (exact) mass is 190 g/mol. The van der Waals surface area contributed by atoms with Gasteiger partial charge in [0.1, 0.15) is 0 Å². The first-order valence-corrected chi connectivity index (χ1v) is 5.31. The van der Waals surface area contributed by atoms with Crippen molar-refractivity contribution in [3.05, 3.63) is 29.1 Å². The number of aromatic nitrogens is 1. The summed E-state index contributed by atoms with van der Waals surface area (Å²) in [7, 11) is 2.18. The minimum Gasteiger partial charge on any atom is -0.302 e. The van der Waals surface area contributed by atoms with Gasteiger partial charge in [0, 0.05) is 18.4 Å². The maximum atomic E-state index is 4.38. The van der Waals surface area contributed by atoms with Gasteiger partial charge < -0.3 is 4.90 Å². The molecule has 1 aliphatic rings. The SMILES string of the molecule is Cc1cc2c(cn1)CN(C)CCC2C. The molecule has 1 aromatic heterocycles. The highest BCUT2D eigenvalue weighted by Crippen LogP contribution is 2.27. The third kappa shape index (κ3) is 1.80. The van der Waals surface area contributed by atoms with E-state index in [-0.39, 0.29) is 0 Å². The molecule has 0 bridgehead atoms. The van der Waals surface area contributed by atoms with Crippen LogP contribution in [0, 0.1) is 6.92 Å². The van der Waals surface area contributed by atoms with Crippen molar-refractivity contribution in [3.63, 3.8) is 0 Å². The van der Waals surface area contributed by atoms with Gasteiger partial charge in [-0.05, 0) is 50.0 Å². The summed E-state index contributed by atoms with van der Waals surface area (Å²) < 4.78 is 0. The Balaban J connectivity index is 2.42. The van der Waals surface area contributed by atoms with Gasteiger partial charge in [0.15, 0.2) is 0 Å². The summed E-state index contributed by atoms with van der Waals surface area (Å²) in [5.41, 5.74) is 4.05. The fourth-order valence-corrected chi connectivity index (χ4v) is 2.14. The normalized spacial score (nSPS) is 22.9. The molecule has 1 atom stereocenters. The predicted octanol–water partition coefficient (Wildman–Crippen LogP) is 2.33. The van der Waals surface area contributed by atoms with Crippen molar-refractivity contribution in [1.29, 1.82) is 0 Å². The van der Waals surface area contributed by atoms with Crippen molar-refractivity contribution in [2.45, 2.75) is 32.7 Å². The minimum atomic E-state index is 0.677. The van der Waals surface area contributed by atoms with Crippen molar-refractivity contribution in [2.75, 3.05) is 13.6 Å². The molecule has 0 aliphatic carbocycles. The van der Waals surface area contributed by atoms with Crippen molar-refractivity contribution in [3.8, 4) is 0 Å². The topological polar surface area (TPSA) is 16.1 Å². The third-order valence-electron chi connectivity index (χ3n) is 3.07. The summed E-state index contributed by atoms with van der Waals surface area (Å²) in [6.45, 7) is 6.63.